The molecule has 0 fully saturated rings. The summed E-state index contributed by atoms with van der Waals surface area (Å²) in [5.41, 5.74) is -1.76. The largest absolute Gasteiger partial charge is 1.00 e. The number of aromatic nitrogens is 3. The SMILES string of the molecule is COc1cc(S(=O)(=O)[O-])c(N=Nc2c(S(=O)(=O)[O-])cc3cc(Nc4nc(Cl)nc(NCCC[N+](C)(C)C)n4)ccc3c2O)cc1S(=O)(=O)[O-].[K+].[Na+]. The Morgan fingerprint density at radius 1 is 0.863 bits per heavy atom. The topological polar surface area (TPSA) is 289 Å². The van der Waals surface area contributed by atoms with Crippen LogP contribution >= 0.6 is 11.6 Å². The number of aromatic hydroxyl groups is 1. The van der Waals surface area contributed by atoms with Crippen LogP contribution in [-0.2, 0) is 30.4 Å². The maximum Gasteiger partial charge on any atom is 1.00 e. The molecule has 0 atom stereocenters. The van der Waals surface area contributed by atoms with Crippen molar-refractivity contribution in [2.24, 2.45) is 10.2 Å². The van der Waals surface area contributed by atoms with E-state index in [2.05, 4.69) is 57.0 Å². The molecule has 4 rings (SSSR count). The van der Waals surface area contributed by atoms with Crippen LogP contribution in [0, 0.1) is 0 Å². The first kappa shape index (κ1) is 45.5. The smallest absolute Gasteiger partial charge is 0.744 e. The zero-order valence-electron chi connectivity index (χ0n) is 27.9. The first-order chi connectivity index (χ1) is 22.6. The van der Waals surface area contributed by atoms with E-state index >= 15 is 0 Å². The summed E-state index contributed by atoms with van der Waals surface area (Å²) in [6.45, 7) is 1.42. The number of methoxy groups -OCH3 is 1. The second kappa shape index (κ2) is 17.7. The molecule has 1 aromatic heterocycles. The number of halogens is 1. The summed E-state index contributed by atoms with van der Waals surface area (Å²) in [5, 5.41) is 23.6. The zero-order chi connectivity index (χ0) is 36.5. The third-order valence-corrected chi connectivity index (χ3v) is 9.26. The molecule has 0 saturated carbocycles. The van der Waals surface area contributed by atoms with Crippen LogP contribution in [-0.4, -0.2) is 105 Å². The van der Waals surface area contributed by atoms with Crippen molar-refractivity contribution in [2.75, 3.05) is 52.0 Å². The number of quaternary nitrogens is 1. The first-order valence-electron chi connectivity index (χ1n) is 13.6. The van der Waals surface area contributed by atoms with Crippen molar-refractivity contribution >= 4 is 81.7 Å². The van der Waals surface area contributed by atoms with Crippen LogP contribution in [0.15, 0.2) is 61.3 Å². The zero-order valence-corrected chi connectivity index (χ0v) is 36.2. The van der Waals surface area contributed by atoms with Gasteiger partial charge in [-0.2, -0.15) is 15.0 Å². The maximum atomic E-state index is 12.3. The Morgan fingerprint density at radius 3 is 2.04 bits per heavy atom. The number of nitrogens with zero attached hydrogens (tertiary/aromatic N) is 6. The summed E-state index contributed by atoms with van der Waals surface area (Å²) < 4.78 is 113. The molecule has 0 aliphatic rings. The Balaban J connectivity index is 0.00000451. The number of nitrogens with one attached hydrogen (secondary N) is 2. The van der Waals surface area contributed by atoms with Gasteiger partial charge in [-0.1, -0.05) is 0 Å². The summed E-state index contributed by atoms with van der Waals surface area (Å²) in [7, 11) is -9.11. The Kier molecular flexibility index (Phi) is 15.8. The Bertz CT molecular complexity index is 2310. The van der Waals surface area contributed by atoms with E-state index in [9.17, 15) is 44.0 Å². The minimum Gasteiger partial charge on any atom is -0.744 e. The molecule has 0 aliphatic heterocycles. The van der Waals surface area contributed by atoms with E-state index < -0.39 is 67.9 Å². The third kappa shape index (κ3) is 12.2. The molecule has 0 amide bonds. The number of azo groups is 1. The average Bonchev–Trinajstić information content (AvgIpc) is 2.96. The fourth-order valence-electron chi connectivity index (χ4n) is 4.35. The van der Waals surface area contributed by atoms with Crippen LogP contribution in [0.1, 0.15) is 6.42 Å². The van der Waals surface area contributed by atoms with E-state index in [1.165, 1.54) is 18.2 Å². The van der Waals surface area contributed by atoms with Gasteiger partial charge in [-0.25, -0.2) is 25.3 Å². The van der Waals surface area contributed by atoms with Gasteiger partial charge in [-0.05, 0) is 47.3 Å². The molecule has 3 aromatic carbocycles. The van der Waals surface area contributed by atoms with Gasteiger partial charge in [-0.3, -0.25) is 0 Å². The van der Waals surface area contributed by atoms with Gasteiger partial charge in [0.25, 0.3) is 0 Å². The van der Waals surface area contributed by atoms with Crippen molar-refractivity contribution in [3.63, 3.8) is 0 Å². The van der Waals surface area contributed by atoms with Gasteiger partial charge in [0.1, 0.15) is 47.5 Å². The summed E-state index contributed by atoms with van der Waals surface area (Å²) in [5.74, 6) is -1.53. The van der Waals surface area contributed by atoms with Gasteiger partial charge in [0, 0.05) is 30.1 Å². The Hall–Kier alpha value is -1.65. The van der Waals surface area contributed by atoms with Crippen molar-refractivity contribution in [3.8, 4) is 11.5 Å². The van der Waals surface area contributed by atoms with Crippen molar-refractivity contribution in [1.82, 2.24) is 15.0 Å². The van der Waals surface area contributed by atoms with Gasteiger partial charge in [0.2, 0.25) is 17.2 Å². The molecule has 3 N–H and O–H groups in total. The molecule has 0 saturated heterocycles. The summed E-state index contributed by atoms with van der Waals surface area (Å²) in [6, 6.07) is 5.64. The third-order valence-electron chi connectivity index (χ3n) is 6.52. The fraction of sp³-hybridized carbons (Fsp3) is 0.269. The summed E-state index contributed by atoms with van der Waals surface area (Å²) in [4.78, 5) is 8.84. The minimum atomic E-state index is -5.43. The number of phenolic OH excluding ortho intramolecular Hbond substituents is 1. The molecule has 1 heterocycles. The van der Waals surface area contributed by atoms with E-state index in [4.69, 9.17) is 16.3 Å². The van der Waals surface area contributed by atoms with Gasteiger partial charge < -0.3 is 38.6 Å². The van der Waals surface area contributed by atoms with Crippen LogP contribution in [0.25, 0.3) is 10.8 Å². The van der Waals surface area contributed by atoms with E-state index in [-0.39, 0.29) is 115 Å². The normalized spacial score (nSPS) is 12.3. The summed E-state index contributed by atoms with van der Waals surface area (Å²) >= 11 is 6.06. The van der Waals surface area contributed by atoms with Gasteiger partial charge in [0.05, 0.1) is 49.5 Å². The number of hydrogen-bond acceptors (Lipinski definition) is 18. The predicted molar refractivity (Wildman–Crippen MR) is 171 cm³/mol. The van der Waals surface area contributed by atoms with Crippen LogP contribution in [0.3, 0.4) is 0 Å². The van der Waals surface area contributed by atoms with E-state index in [0.717, 1.165) is 30.6 Å². The second-order valence-corrected chi connectivity index (χ2v) is 15.6. The summed E-state index contributed by atoms with van der Waals surface area (Å²) in [6.07, 6.45) is 0.804. The molecule has 4 aromatic rings. The molecule has 0 spiro atoms. The van der Waals surface area contributed by atoms with Gasteiger partial charge in [0.15, 0.2) is 5.75 Å². The van der Waals surface area contributed by atoms with Crippen LogP contribution in [0.2, 0.25) is 5.28 Å². The van der Waals surface area contributed by atoms with Crippen molar-refractivity contribution in [2.45, 2.75) is 21.1 Å². The van der Waals surface area contributed by atoms with E-state index in [0.29, 0.717) is 18.7 Å². The molecular formula is C26H27ClKN8NaO11S3. The standard InChI is InChI=1S/C26H29ClN8O11S3.K.Na/c1-35(2,3)9-5-8-28-25-30-24(27)31-26(32-25)29-15-6-7-16-14(10-15)11-21(49(43,44)45)22(23(16)36)34-33-17-12-20(48(40,41)42)18(46-4)13-19(17)47(37,38)39;;/h6-7,10-13H,5,8-9H2,1-4H3,(H5-,28,29,30,31,32,33,36,37,38,39,40,41,42,43,44,45);;/q;2*+1/p-2. The molecule has 0 aliphatic carbocycles. The first-order valence-corrected chi connectivity index (χ1v) is 18.2. The number of rotatable bonds is 13. The monoisotopic (exact) mass is 820 g/mol. The molecule has 25 heteroatoms. The van der Waals surface area contributed by atoms with E-state index in [1.807, 2.05) is 0 Å². The molecule has 0 bridgehead atoms. The van der Waals surface area contributed by atoms with E-state index in [1.54, 1.807) is 0 Å². The number of hydrogen-bond donors (Lipinski definition) is 3. The van der Waals surface area contributed by atoms with Gasteiger partial charge >= 0.3 is 80.9 Å². The Labute approximate surface area is 362 Å². The van der Waals surface area contributed by atoms with Crippen molar-refractivity contribution in [3.05, 3.63) is 41.7 Å². The molecule has 0 radical (unpaired) electrons. The van der Waals surface area contributed by atoms with Gasteiger partial charge in [-0.15, -0.1) is 10.2 Å². The number of fused-ring (bicyclic) bond motifs is 1. The predicted octanol–water partition coefficient (Wildman–Crippen LogP) is -3.22. The van der Waals surface area contributed by atoms with Crippen LogP contribution in [0.5, 0.6) is 11.5 Å². The average molecular weight is 821 g/mol. The maximum absolute atomic E-state index is 12.3. The second-order valence-electron chi connectivity index (χ2n) is 11.2. The molecular weight excluding hydrogens is 794 g/mol. The quantitative estimate of drug-likeness (QED) is 0.0393. The Morgan fingerprint density at radius 2 is 1.47 bits per heavy atom. The fourth-order valence-corrected chi connectivity index (χ4v) is 6.41. The van der Waals surface area contributed by atoms with Crippen molar-refractivity contribution < 1.29 is 134 Å². The molecule has 51 heavy (non-hydrogen) atoms. The van der Waals surface area contributed by atoms with Crippen LogP contribution < -0.4 is 96.3 Å². The number of ether oxygens (including phenoxy) is 1. The number of phenols is 1. The molecule has 19 nitrogen and oxygen atoms in total. The molecule has 264 valence electrons. The minimum absolute atomic E-state index is 0. The van der Waals surface area contributed by atoms with Crippen LogP contribution in [0.4, 0.5) is 29.0 Å². The molecule has 0 unspecified atom stereocenters. The number of anilines is 3. The van der Waals surface area contributed by atoms with Crippen molar-refractivity contribution in [1.29, 1.82) is 0 Å². The number of benzene rings is 3.